The summed E-state index contributed by atoms with van der Waals surface area (Å²) >= 11 is 0. The molecule has 0 aromatic carbocycles. The Labute approximate surface area is 126 Å². The molecule has 2 aromatic rings. The van der Waals surface area contributed by atoms with Crippen LogP contribution in [-0.4, -0.2) is 14.5 Å². The van der Waals surface area contributed by atoms with Crippen LogP contribution in [0.3, 0.4) is 0 Å². The topological polar surface area (TPSA) is 42.7 Å². The maximum absolute atomic E-state index is 4.67. The van der Waals surface area contributed by atoms with E-state index in [1.165, 1.54) is 43.2 Å². The minimum atomic E-state index is 0.612. The average molecular weight is 284 g/mol. The van der Waals surface area contributed by atoms with Crippen LogP contribution < -0.4 is 5.32 Å². The highest BCUT2D eigenvalue weighted by Gasteiger charge is 2.18. The van der Waals surface area contributed by atoms with Gasteiger partial charge < -0.3 is 9.88 Å². The molecule has 0 atom stereocenters. The van der Waals surface area contributed by atoms with Gasteiger partial charge >= 0.3 is 0 Å². The zero-order valence-corrected chi connectivity index (χ0v) is 13.0. The van der Waals surface area contributed by atoms with Crippen LogP contribution in [0.5, 0.6) is 0 Å². The Kier molecular flexibility index (Phi) is 4.23. The van der Waals surface area contributed by atoms with Gasteiger partial charge in [-0.25, -0.2) is 4.98 Å². The molecule has 4 nitrogen and oxygen atoms in total. The first kappa shape index (κ1) is 14.1. The molecule has 4 heteroatoms. The van der Waals surface area contributed by atoms with Crippen molar-refractivity contribution in [2.75, 3.05) is 5.32 Å². The van der Waals surface area contributed by atoms with Crippen LogP contribution >= 0.6 is 0 Å². The van der Waals surface area contributed by atoms with E-state index in [4.69, 9.17) is 0 Å². The van der Waals surface area contributed by atoms with Gasteiger partial charge in [-0.1, -0.05) is 19.3 Å². The van der Waals surface area contributed by atoms with Gasteiger partial charge in [0.25, 0.3) is 0 Å². The molecule has 0 spiro atoms. The van der Waals surface area contributed by atoms with E-state index in [0.717, 1.165) is 18.2 Å². The summed E-state index contributed by atoms with van der Waals surface area (Å²) in [6.45, 7) is 4.97. The molecule has 0 amide bonds. The summed E-state index contributed by atoms with van der Waals surface area (Å²) in [7, 11) is 0. The van der Waals surface area contributed by atoms with E-state index in [0.29, 0.717) is 6.04 Å². The quantitative estimate of drug-likeness (QED) is 0.922. The van der Waals surface area contributed by atoms with Crippen molar-refractivity contribution in [2.45, 2.75) is 58.5 Å². The number of rotatable bonds is 4. The molecule has 112 valence electrons. The standard InChI is InChI=1S/C17H24N4/c1-13-10-18-9-8-15(13)11-19-17-20-14(2)12-21(17)16-6-4-3-5-7-16/h8-10,12,16H,3-7,11H2,1-2H3,(H,19,20). The lowest BCUT2D eigenvalue weighted by Gasteiger charge is -2.24. The van der Waals surface area contributed by atoms with E-state index in [1.54, 1.807) is 0 Å². The fourth-order valence-electron chi connectivity index (χ4n) is 3.16. The van der Waals surface area contributed by atoms with Crippen LogP contribution in [-0.2, 0) is 6.54 Å². The average Bonchev–Trinajstić information content (AvgIpc) is 2.88. The van der Waals surface area contributed by atoms with Crippen molar-refractivity contribution in [3.63, 3.8) is 0 Å². The lowest BCUT2D eigenvalue weighted by atomic mass is 9.95. The zero-order valence-electron chi connectivity index (χ0n) is 13.0. The van der Waals surface area contributed by atoms with Crippen LogP contribution in [0.2, 0.25) is 0 Å². The summed E-state index contributed by atoms with van der Waals surface area (Å²) in [5, 5.41) is 3.51. The van der Waals surface area contributed by atoms with E-state index in [-0.39, 0.29) is 0 Å². The number of imidazole rings is 1. The third-order valence-corrected chi connectivity index (χ3v) is 4.39. The zero-order chi connectivity index (χ0) is 14.7. The molecular weight excluding hydrogens is 260 g/mol. The summed E-state index contributed by atoms with van der Waals surface area (Å²) in [5.41, 5.74) is 3.59. The summed E-state index contributed by atoms with van der Waals surface area (Å²) in [6, 6.07) is 2.68. The molecule has 0 radical (unpaired) electrons. The molecular formula is C17H24N4. The highest BCUT2D eigenvalue weighted by Crippen LogP contribution is 2.30. The number of anilines is 1. The maximum atomic E-state index is 4.67. The van der Waals surface area contributed by atoms with E-state index in [9.17, 15) is 0 Å². The van der Waals surface area contributed by atoms with Gasteiger partial charge in [0.1, 0.15) is 0 Å². The number of aromatic nitrogens is 3. The minimum absolute atomic E-state index is 0.612. The smallest absolute Gasteiger partial charge is 0.203 e. The van der Waals surface area contributed by atoms with Crippen LogP contribution in [0.15, 0.2) is 24.7 Å². The lowest BCUT2D eigenvalue weighted by molar-refractivity contribution is 0.355. The number of pyridine rings is 1. The Bertz CT molecular complexity index is 597. The lowest BCUT2D eigenvalue weighted by Crippen LogP contribution is -2.15. The molecule has 1 fully saturated rings. The monoisotopic (exact) mass is 284 g/mol. The van der Waals surface area contributed by atoms with E-state index in [2.05, 4.69) is 46.0 Å². The molecule has 0 bridgehead atoms. The highest BCUT2D eigenvalue weighted by molar-refractivity contribution is 5.33. The number of nitrogens with zero attached hydrogens (tertiary/aromatic N) is 3. The first-order valence-corrected chi connectivity index (χ1v) is 7.93. The van der Waals surface area contributed by atoms with Crippen molar-refractivity contribution < 1.29 is 0 Å². The molecule has 21 heavy (non-hydrogen) atoms. The molecule has 1 aliphatic carbocycles. The van der Waals surface area contributed by atoms with Crippen molar-refractivity contribution in [2.24, 2.45) is 0 Å². The van der Waals surface area contributed by atoms with Gasteiger partial charge in [-0.15, -0.1) is 0 Å². The van der Waals surface area contributed by atoms with Gasteiger partial charge in [0.15, 0.2) is 0 Å². The third-order valence-electron chi connectivity index (χ3n) is 4.39. The predicted molar refractivity (Wildman–Crippen MR) is 85.4 cm³/mol. The fraction of sp³-hybridized carbons (Fsp3) is 0.529. The Hall–Kier alpha value is -1.84. The van der Waals surface area contributed by atoms with Crippen LogP contribution in [0.25, 0.3) is 0 Å². The largest absolute Gasteiger partial charge is 0.352 e. The molecule has 0 unspecified atom stereocenters. The summed E-state index contributed by atoms with van der Waals surface area (Å²) in [6.07, 6.45) is 12.6. The SMILES string of the molecule is Cc1cn(C2CCCCC2)c(NCc2ccncc2C)n1. The van der Waals surface area contributed by atoms with Crippen LogP contribution in [0, 0.1) is 13.8 Å². The fourth-order valence-corrected chi connectivity index (χ4v) is 3.16. The third kappa shape index (κ3) is 3.26. The van der Waals surface area contributed by atoms with Crippen molar-refractivity contribution in [1.29, 1.82) is 0 Å². The van der Waals surface area contributed by atoms with Crippen molar-refractivity contribution in [3.05, 3.63) is 41.5 Å². The van der Waals surface area contributed by atoms with Gasteiger partial charge in [-0.2, -0.15) is 0 Å². The van der Waals surface area contributed by atoms with Gasteiger partial charge in [-0.05, 0) is 43.9 Å². The van der Waals surface area contributed by atoms with Gasteiger partial charge in [0.05, 0.1) is 5.69 Å². The first-order chi connectivity index (χ1) is 10.2. The van der Waals surface area contributed by atoms with Crippen LogP contribution in [0.4, 0.5) is 5.95 Å². The van der Waals surface area contributed by atoms with E-state index in [1.807, 2.05) is 12.4 Å². The molecule has 1 aliphatic rings. The van der Waals surface area contributed by atoms with Gasteiger partial charge in [0.2, 0.25) is 5.95 Å². The second kappa shape index (κ2) is 6.29. The summed E-state index contributed by atoms with van der Waals surface area (Å²) in [4.78, 5) is 8.81. The van der Waals surface area contributed by atoms with E-state index >= 15 is 0 Å². The molecule has 1 saturated carbocycles. The Morgan fingerprint density at radius 3 is 2.81 bits per heavy atom. The first-order valence-electron chi connectivity index (χ1n) is 7.93. The van der Waals surface area contributed by atoms with Crippen LogP contribution in [0.1, 0.15) is 55.0 Å². The molecule has 1 N–H and O–H groups in total. The van der Waals surface area contributed by atoms with Crippen molar-refractivity contribution >= 4 is 5.95 Å². The number of hydrogen-bond acceptors (Lipinski definition) is 3. The highest BCUT2D eigenvalue weighted by atomic mass is 15.2. The van der Waals surface area contributed by atoms with Crippen molar-refractivity contribution in [1.82, 2.24) is 14.5 Å². The molecule has 3 rings (SSSR count). The molecule has 0 saturated heterocycles. The molecule has 2 aromatic heterocycles. The Morgan fingerprint density at radius 2 is 2.05 bits per heavy atom. The minimum Gasteiger partial charge on any atom is -0.352 e. The predicted octanol–water partition coefficient (Wildman–Crippen LogP) is 4.01. The van der Waals surface area contributed by atoms with E-state index < -0.39 is 0 Å². The van der Waals surface area contributed by atoms with Gasteiger partial charge in [-0.3, -0.25) is 4.98 Å². The maximum Gasteiger partial charge on any atom is 0.203 e. The second-order valence-electron chi connectivity index (χ2n) is 6.06. The number of hydrogen-bond donors (Lipinski definition) is 1. The molecule has 2 heterocycles. The Balaban J connectivity index is 1.74. The normalized spacial score (nSPS) is 16.1. The number of nitrogens with one attached hydrogen (secondary N) is 1. The number of aryl methyl sites for hydroxylation is 2. The van der Waals surface area contributed by atoms with Gasteiger partial charge in [0, 0.05) is 31.2 Å². The second-order valence-corrected chi connectivity index (χ2v) is 6.06. The molecule has 0 aliphatic heterocycles. The van der Waals surface area contributed by atoms with Crippen molar-refractivity contribution in [3.8, 4) is 0 Å². The Morgan fingerprint density at radius 1 is 1.24 bits per heavy atom. The summed E-state index contributed by atoms with van der Waals surface area (Å²) < 4.78 is 2.35. The summed E-state index contributed by atoms with van der Waals surface area (Å²) in [5.74, 6) is 1.01.